The highest BCUT2D eigenvalue weighted by atomic mass is 79.9. The van der Waals surface area contributed by atoms with Crippen molar-refractivity contribution in [2.75, 3.05) is 0 Å². The Morgan fingerprint density at radius 1 is 1.53 bits per heavy atom. The summed E-state index contributed by atoms with van der Waals surface area (Å²) < 4.78 is 7.47. The number of halogens is 1. The molecule has 0 spiro atoms. The summed E-state index contributed by atoms with van der Waals surface area (Å²) in [6.45, 7) is 4.66. The van der Waals surface area contributed by atoms with Crippen LogP contribution in [0.1, 0.15) is 24.4 Å². The lowest BCUT2D eigenvalue weighted by atomic mass is 10.0. The molecule has 0 bridgehead atoms. The molecular weight excluding hydrogens is 312 g/mol. The molecule has 2 aromatic heterocycles. The van der Waals surface area contributed by atoms with E-state index in [1.807, 2.05) is 13.8 Å². The van der Waals surface area contributed by atoms with Crippen molar-refractivity contribution in [3.05, 3.63) is 35.0 Å². The van der Waals surface area contributed by atoms with Crippen molar-refractivity contribution in [1.29, 1.82) is 0 Å². The van der Waals surface area contributed by atoms with Gasteiger partial charge in [-0.15, -0.1) is 5.10 Å². The van der Waals surface area contributed by atoms with Gasteiger partial charge in [-0.1, -0.05) is 19.1 Å². The van der Waals surface area contributed by atoms with E-state index in [0.717, 1.165) is 0 Å². The lowest BCUT2D eigenvalue weighted by Crippen LogP contribution is -2.41. The van der Waals surface area contributed by atoms with Crippen LogP contribution in [0.2, 0.25) is 0 Å². The normalized spacial score (nSPS) is 12.6. The number of carbonyl (C=O) groups excluding carboxylic acids is 1. The SMILES string of the molecule is CC(C)[C@@H](Cn1ccnn1)NC(=O)c1ccc(Br)o1. The first-order valence-corrected chi connectivity index (χ1v) is 6.76. The highest BCUT2D eigenvalue weighted by Crippen LogP contribution is 2.14. The van der Waals surface area contributed by atoms with Crippen LogP contribution < -0.4 is 5.32 Å². The Bertz CT molecular complexity index is 536. The average molecular weight is 327 g/mol. The fourth-order valence-electron chi connectivity index (χ4n) is 1.63. The Balaban J connectivity index is 2.02. The van der Waals surface area contributed by atoms with Gasteiger partial charge in [-0.2, -0.15) is 0 Å². The average Bonchev–Trinajstić information content (AvgIpc) is 2.99. The molecule has 0 saturated carbocycles. The molecule has 2 aromatic rings. The standard InChI is InChI=1S/C12H15BrN4O2/c1-8(2)9(7-17-6-5-14-16-17)15-12(18)10-3-4-11(13)19-10/h3-6,8-9H,7H2,1-2H3,(H,15,18)/t9-/m1/s1. The van der Waals surface area contributed by atoms with Crippen LogP contribution in [0.15, 0.2) is 33.6 Å². The van der Waals surface area contributed by atoms with Gasteiger partial charge >= 0.3 is 0 Å². The number of furan rings is 1. The van der Waals surface area contributed by atoms with Crippen molar-refractivity contribution in [3.8, 4) is 0 Å². The van der Waals surface area contributed by atoms with Gasteiger partial charge < -0.3 is 9.73 Å². The zero-order valence-corrected chi connectivity index (χ0v) is 12.3. The van der Waals surface area contributed by atoms with E-state index in [2.05, 4.69) is 31.6 Å². The van der Waals surface area contributed by atoms with Crippen molar-refractivity contribution in [3.63, 3.8) is 0 Å². The molecule has 1 atom stereocenters. The number of hydrogen-bond acceptors (Lipinski definition) is 4. The first kappa shape index (κ1) is 13.8. The number of carbonyl (C=O) groups is 1. The first-order valence-electron chi connectivity index (χ1n) is 5.96. The summed E-state index contributed by atoms with van der Waals surface area (Å²) in [5.74, 6) is 0.326. The van der Waals surface area contributed by atoms with Crippen molar-refractivity contribution in [2.45, 2.75) is 26.4 Å². The van der Waals surface area contributed by atoms with Crippen LogP contribution in [-0.2, 0) is 6.54 Å². The highest BCUT2D eigenvalue weighted by Gasteiger charge is 2.20. The fraction of sp³-hybridized carbons (Fsp3) is 0.417. The van der Waals surface area contributed by atoms with Gasteiger partial charge in [0.2, 0.25) is 0 Å². The molecule has 0 fully saturated rings. The second-order valence-corrected chi connectivity index (χ2v) is 5.33. The minimum Gasteiger partial charge on any atom is -0.444 e. The molecule has 1 amide bonds. The predicted molar refractivity (Wildman–Crippen MR) is 72.5 cm³/mol. The number of hydrogen-bond donors (Lipinski definition) is 1. The molecule has 0 aromatic carbocycles. The maximum atomic E-state index is 12.0. The third kappa shape index (κ3) is 3.66. The van der Waals surface area contributed by atoms with Crippen LogP contribution in [0.25, 0.3) is 0 Å². The van der Waals surface area contributed by atoms with Crippen molar-refractivity contribution in [1.82, 2.24) is 20.3 Å². The Morgan fingerprint density at radius 2 is 2.32 bits per heavy atom. The molecule has 0 aliphatic rings. The molecule has 19 heavy (non-hydrogen) atoms. The van der Waals surface area contributed by atoms with Crippen LogP contribution in [-0.4, -0.2) is 26.9 Å². The quantitative estimate of drug-likeness (QED) is 0.913. The second-order valence-electron chi connectivity index (χ2n) is 4.55. The Kier molecular flexibility index (Phi) is 4.36. The summed E-state index contributed by atoms with van der Waals surface area (Å²) in [6.07, 6.45) is 3.38. The number of aromatic nitrogens is 3. The van der Waals surface area contributed by atoms with E-state index < -0.39 is 0 Å². The van der Waals surface area contributed by atoms with Gasteiger partial charge in [-0.25, -0.2) is 0 Å². The second kappa shape index (κ2) is 6.01. The minimum atomic E-state index is -0.232. The number of nitrogens with zero attached hydrogens (tertiary/aromatic N) is 3. The van der Waals surface area contributed by atoms with Gasteiger partial charge in [0.1, 0.15) is 0 Å². The van der Waals surface area contributed by atoms with E-state index in [4.69, 9.17) is 4.42 Å². The summed E-state index contributed by atoms with van der Waals surface area (Å²) in [5, 5.41) is 10.6. The largest absolute Gasteiger partial charge is 0.444 e. The molecule has 2 heterocycles. The first-order chi connectivity index (χ1) is 9.06. The minimum absolute atomic E-state index is 0.0434. The van der Waals surface area contributed by atoms with Crippen molar-refractivity contribution in [2.24, 2.45) is 5.92 Å². The maximum Gasteiger partial charge on any atom is 0.287 e. The predicted octanol–water partition coefficient (Wildman–Crippen LogP) is 2.09. The Labute approximate surface area is 119 Å². The van der Waals surface area contributed by atoms with Gasteiger partial charge in [-0.3, -0.25) is 9.48 Å². The van der Waals surface area contributed by atoms with Crippen LogP contribution in [0.5, 0.6) is 0 Å². The molecule has 0 aliphatic heterocycles. The summed E-state index contributed by atoms with van der Waals surface area (Å²) in [4.78, 5) is 12.0. The van der Waals surface area contributed by atoms with E-state index in [1.54, 1.807) is 29.2 Å². The highest BCUT2D eigenvalue weighted by molar-refractivity contribution is 9.10. The van der Waals surface area contributed by atoms with E-state index in [1.165, 1.54) is 0 Å². The van der Waals surface area contributed by atoms with E-state index in [0.29, 0.717) is 11.2 Å². The van der Waals surface area contributed by atoms with Gasteiger partial charge in [-0.05, 0) is 34.0 Å². The molecule has 0 saturated heterocycles. The zero-order chi connectivity index (χ0) is 13.8. The Morgan fingerprint density at radius 3 is 2.84 bits per heavy atom. The molecule has 0 aliphatic carbocycles. The van der Waals surface area contributed by atoms with Crippen LogP contribution >= 0.6 is 15.9 Å². The number of rotatable bonds is 5. The van der Waals surface area contributed by atoms with Crippen LogP contribution in [0.3, 0.4) is 0 Å². The lowest BCUT2D eigenvalue weighted by Gasteiger charge is -2.21. The molecule has 7 heteroatoms. The van der Waals surface area contributed by atoms with E-state index >= 15 is 0 Å². The van der Waals surface area contributed by atoms with Crippen molar-refractivity contribution >= 4 is 21.8 Å². The third-order valence-corrected chi connectivity index (χ3v) is 3.20. The smallest absolute Gasteiger partial charge is 0.287 e. The summed E-state index contributed by atoms with van der Waals surface area (Å²) in [6, 6.07) is 3.28. The van der Waals surface area contributed by atoms with Crippen LogP contribution in [0.4, 0.5) is 0 Å². The molecule has 0 unspecified atom stereocenters. The fourth-order valence-corrected chi connectivity index (χ4v) is 1.94. The number of nitrogens with one attached hydrogen (secondary N) is 1. The molecule has 102 valence electrons. The topological polar surface area (TPSA) is 73.0 Å². The van der Waals surface area contributed by atoms with E-state index in [9.17, 15) is 4.79 Å². The molecule has 6 nitrogen and oxygen atoms in total. The molecule has 0 radical (unpaired) electrons. The summed E-state index contributed by atoms with van der Waals surface area (Å²) in [5.41, 5.74) is 0. The molecule has 2 rings (SSSR count). The van der Waals surface area contributed by atoms with Gasteiger partial charge in [0.05, 0.1) is 18.8 Å². The van der Waals surface area contributed by atoms with Gasteiger partial charge in [0.15, 0.2) is 10.4 Å². The van der Waals surface area contributed by atoms with E-state index in [-0.39, 0.29) is 23.6 Å². The third-order valence-electron chi connectivity index (χ3n) is 2.77. The summed E-state index contributed by atoms with van der Waals surface area (Å²) in [7, 11) is 0. The summed E-state index contributed by atoms with van der Waals surface area (Å²) >= 11 is 3.18. The van der Waals surface area contributed by atoms with Gasteiger partial charge in [0.25, 0.3) is 5.91 Å². The maximum absolute atomic E-state index is 12.0. The van der Waals surface area contributed by atoms with Crippen molar-refractivity contribution < 1.29 is 9.21 Å². The van der Waals surface area contributed by atoms with Crippen LogP contribution in [0, 0.1) is 5.92 Å². The lowest BCUT2D eigenvalue weighted by molar-refractivity contribution is 0.0889. The zero-order valence-electron chi connectivity index (χ0n) is 10.7. The monoisotopic (exact) mass is 326 g/mol. The Hall–Kier alpha value is -1.63. The molecule has 1 N–H and O–H groups in total. The number of amides is 1. The molecular formula is C12H15BrN4O2. The van der Waals surface area contributed by atoms with Gasteiger partial charge in [0, 0.05) is 6.20 Å².